The van der Waals surface area contributed by atoms with Crippen molar-refractivity contribution in [1.82, 2.24) is 10.6 Å². The van der Waals surface area contributed by atoms with Gasteiger partial charge >= 0.3 is 6.18 Å². The van der Waals surface area contributed by atoms with Crippen molar-refractivity contribution in [3.8, 4) is 0 Å². The second-order valence-corrected chi connectivity index (χ2v) is 4.49. The molecule has 2 nitrogen and oxygen atoms in total. The molecule has 0 aromatic heterocycles. The van der Waals surface area contributed by atoms with Crippen molar-refractivity contribution < 1.29 is 13.2 Å². The average molecular weight is 240 g/mol. The van der Waals surface area contributed by atoms with E-state index >= 15 is 0 Å². The van der Waals surface area contributed by atoms with Gasteiger partial charge in [-0.25, -0.2) is 0 Å². The Kier molecular flexibility index (Phi) is 7.76. The number of hydrogen-bond donors (Lipinski definition) is 2. The second-order valence-electron chi connectivity index (χ2n) is 4.49. The molecule has 1 atom stereocenters. The third-order valence-corrected chi connectivity index (χ3v) is 2.19. The van der Waals surface area contributed by atoms with Gasteiger partial charge in [-0.3, -0.25) is 0 Å². The van der Waals surface area contributed by atoms with Crippen LogP contribution in [0.25, 0.3) is 0 Å². The molecule has 0 saturated carbocycles. The summed E-state index contributed by atoms with van der Waals surface area (Å²) >= 11 is 0. The van der Waals surface area contributed by atoms with E-state index in [-0.39, 0.29) is 0 Å². The molecule has 5 heteroatoms. The summed E-state index contributed by atoms with van der Waals surface area (Å²) in [6.45, 7) is 7.29. The third kappa shape index (κ3) is 11.8. The Hall–Kier alpha value is -0.290. The van der Waals surface area contributed by atoms with E-state index in [0.29, 0.717) is 12.6 Å². The molecule has 16 heavy (non-hydrogen) atoms. The fourth-order valence-corrected chi connectivity index (χ4v) is 1.41. The summed E-state index contributed by atoms with van der Waals surface area (Å²) in [5.41, 5.74) is 0. The Bertz CT molecular complexity index is 169. The van der Waals surface area contributed by atoms with Crippen LogP contribution in [0, 0.1) is 0 Å². The zero-order valence-corrected chi connectivity index (χ0v) is 10.3. The van der Waals surface area contributed by atoms with Crippen molar-refractivity contribution in [2.75, 3.05) is 13.1 Å². The summed E-state index contributed by atoms with van der Waals surface area (Å²) in [7, 11) is 0. The minimum Gasteiger partial charge on any atom is -0.315 e. The van der Waals surface area contributed by atoms with E-state index in [1.165, 1.54) is 0 Å². The van der Waals surface area contributed by atoms with Gasteiger partial charge < -0.3 is 10.6 Å². The molecule has 98 valence electrons. The maximum Gasteiger partial charge on any atom is 0.390 e. The van der Waals surface area contributed by atoms with Crippen LogP contribution in [-0.2, 0) is 0 Å². The minimum atomic E-state index is -4.06. The van der Waals surface area contributed by atoms with E-state index in [1.807, 2.05) is 0 Å². The zero-order chi connectivity index (χ0) is 12.6. The summed E-state index contributed by atoms with van der Waals surface area (Å²) in [5, 5.41) is 6.14. The molecule has 0 aliphatic heterocycles. The molecule has 1 unspecified atom stereocenters. The van der Waals surface area contributed by atoms with Crippen LogP contribution in [-0.4, -0.2) is 31.3 Å². The lowest BCUT2D eigenvalue weighted by molar-refractivity contribution is -0.139. The molecule has 0 amide bonds. The monoisotopic (exact) mass is 240 g/mol. The Labute approximate surface area is 96.0 Å². The van der Waals surface area contributed by atoms with Crippen LogP contribution in [0.4, 0.5) is 13.2 Å². The summed E-state index contributed by atoms with van der Waals surface area (Å²) < 4.78 is 35.9. The van der Waals surface area contributed by atoms with Gasteiger partial charge in [0.05, 0.1) is 6.42 Å². The van der Waals surface area contributed by atoms with Crippen LogP contribution < -0.4 is 10.6 Å². The van der Waals surface area contributed by atoms with Crippen molar-refractivity contribution >= 4 is 0 Å². The number of alkyl halides is 3. The number of nitrogens with one attached hydrogen (secondary N) is 2. The van der Waals surface area contributed by atoms with Crippen LogP contribution in [0.3, 0.4) is 0 Å². The molecule has 0 rings (SSSR count). The maximum atomic E-state index is 12.0. The summed E-state index contributed by atoms with van der Waals surface area (Å²) in [6, 6.07) is -0.0184. The van der Waals surface area contributed by atoms with E-state index < -0.39 is 18.6 Å². The van der Waals surface area contributed by atoms with Crippen molar-refractivity contribution in [1.29, 1.82) is 0 Å². The quantitative estimate of drug-likeness (QED) is 0.637. The number of halogens is 3. The Morgan fingerprint density at radius 1 is 0.938 bits per heavy atom. The van der Waals surface area contributed by atoms with Gasteiger partial charge in [0.15, 0.2) is 0 Å². The molecule has 0 aromatic rings. The SMILES string of the molecule is CC(C)NCCCCNC(C)CC(F)(F)F. The summed E-state index contributed by atoms with van der Waals surface area (Å²) in [4.78, 5) is 0. The molecule has 0 saturated heterocycles. The fraction of sp³-hybridized carbons (Fsp3) is 1.00. The minimum absolute atomic E-state index is 0.470. The highest BCUT2D eigenvalue weighted by atomic mass is 19.4. The van der Waals surface area contributed by atoms with Gasteiger partial charge in [-0.2, -0.15) is 13.2 Å². The molecule has 0 radical (unpaired) electrons. The molecule has 0 aromatic carbocycles. The van der Waals surface area contributed by atoms with Crippen molar-refractivity contribution in [3.63, 3.8) is 0 Å². The molecule has 0 fully saturated rings. The fourth-order valence-electron chi connectivity index (χ4n) is 1.41. The zero-order valence-electron chi connectivity index (χ0n) is 10.3. The lowest BCUT2D eigenvalue weighted by Gasteiger charge is -2.15. The molecule has 0 heterocycles. The van der Waals surface area contributed by atoms with Gasteiger partial charge in [-0.05, 0) is 32.9 Å². The first-order chi connectivity index (χ1) is 7.31. The van der Waals surface area contributed by atoms with Crippen molar-refractivity contribution in [3.05, 3.63) is 0 Å². The third-order valence-electron chi connectivity index (χ3n) is 2.19. The van der Waals surface area contributed by atoms with Crippen LogP contribution in [0.1, 0.15) is 40.0 Å². The van der Waals surface area contributed by atoms with Gasteiger partial charge in [0, 0.05) is 12.1 Å². The van der Waals surface area contributed by atoms with Crippen molar-refractivity contribution in [2.24, 2.45) is 0 Å². The molecule has 2 N–H and O–H groups in total. The second kappa shape index (κ2) is 7.90. The van der Waals surface area contributed by atoms with Gasteiger partial charge in [-0.1, -0.05) is 13.8 Å². The van der Waals surface area contributed by atoms with Crippen molar-refractivity contribution in [2.45, 2.75) is 58.3 Å². The maximum absolute atomic E-state index is 12.0. The molecule has 0 spiro atoms. The molecule has 0 aliphatic carbocycles. The summed E-state index contributed by atoms with van der Waals surface area (Å²) in [6.07, 6.45) is -2.92. The Morgan fingerprint density at radius 3 is 1.88 bits per heavy atom. The smallest absolute Gasteiger partial charge is 0.315 e. The van der Waals surface area contributed by atoms with E-state index in [1.54, 1.807) is 6.92 Å². The molecular formula is C11H23F3N2. The predicted molar refractivity (Wildman–Crippen MR) is 60.5 cm³/mol. The van der Waals surface area contributed by atoms with Crippen LogP contribution >= 0.6 is 0 Å². The van der Waals surface area contributed by atoms with Crippen LogP contribution in [0.2, 0.25) is 0 Å². The first kappa shape index (κ1) is 15.7. The lowest BCUT2D eigenvalue weighted by atomic mass is 10.2. The first-order valence-electron chi connectivity index (χ1n) is 5.85. The van der Waals surface area contributed by atoms with E-state index in [4.69, 9.17) is 0 Å². The Morgan fingerprint density at radius 2 is 1.44 bits per heavy atom. The summed E-state index contributed by atoms with van der Waals surface area (Å²) in [5.74, 6) is 0. The van der Waals surface area contributed by atoms with Gasteiger partial charge in [-0.15, -0.1) is 0 Å². The van der Waals surface area contributed by atoms with Gasteiger partial charge in [0.1, 0.15) is 0 Å². The number of unbranched alkanes of at least 4 members (excludes halogenated alkanes) is 1. The number of hydrogen-bond acceptors (Lipinski definition) is 2. The molecule has 0 aliphatic rings. The highest BCUT2D eigenvalue weighted by Crippen LogP contribution is 2.21. The Balaban J connectivity index is 3.31. The van der Waals surface area contributed by atoms with E-state index in [0.717, 1.165) is 19.4 Å². The first-order valence-corrected chi connectivity index (χ1v) is 5.85. The van der Waals surface area contributed by atoms with Gasteiger partial charge in [0.2, 0.25) is 0 Å². The van der Waals surface area contributed by atoms with E-state index in [9.17, 15) is 13.2 Å². The average Bonchev–Trinajstić information content (AvgIpc) is 2.07. The predicted octanol–water partition coefficient (Wildman–Crippen LogP) is 2.70. The van der Waals surface area contributed by atoms with Gasteiger partial charge in [0.25, 0.3) is 0 Å². The molecular weight excluding hydrogens is 217 g/mol. The van der Waals surface area contributed by atoms with E-state index in [2.05, 4.69) is 24.5 Å². The topological polar surface area (TPSA) is 24.1 Å². The lowest BCUT2D eigenvalue weighted by Crippen LogP contribution is -2.32. The van der Waals surface area contributed by atoms with Crippen LogP contribution in [0.5, 0.6) is 0 Å². The standard InChI is InChI=1S/C11H23F3N2/c1-9(2)15-6-4-5-7-16-10(3)8-11(12,13)14/h9-10,15-16H,4-8H2,1-3H3. The number of rotatable bonds is 8. The normalized spacial score (nSPS) is 14.4. The highest BCUT2D eigenvalue weighted by molar-refractivity contribution is 4.65. The van der Waals surface area contributed by atoms with Crippen LogP contribution in [0.15, 0.2) is 0 Å². The highest BCUT2D eigenvalue weighted by Gasteiger charge is 2.29. The largest absolute Gasteiger partial charge is 0.390 e. The molecule has 0 bridgehead atoms.